The lowest BCUT2D eigenvalue weighted by atomic mass is 10.4. The molecule has 0 spiro atoms. The first kappa shape index (κ1) is 14.2. The minimum Gasteiger partial charge on any atom is -0.341 e. The van der Waals surface area contributed by atoms with E-state index in [2.05, 4.69) is 25.8 Å². The second-order valence-electron chi connectivity index (χ2n) is 4.14. The minimum atomic E-state index is -0.663. The van der Waals surface area contributed by atoms with Crippen LogP contribution >= 0.6 is 23.1 Å². The zero-order chi connectivity index (χ0) is 14.8. The van der Waals surface area contributed by atoms with Crippen molar-refractivity contribution in [1.29, 1.82) is 0 Å². The van der Waals surface area contributed by atoms with E-state index in [1.165, 1.54) is 16.3 Å². The van der Waals surface area contributed by atoms with Crippen LogP contribution in [0.1, 0.15) is 11.1 Å². The molecule has 0 amide bonds. The van der Waals surface area contributed by atoms with E-state index in [-0.39, 0.29) is 16.9 Å². The minimum absolute atomic E-state index is 0.0567. The third-order valence-corrected chi connectivity index (χ3v) is 4.89. The number of thioether (sulfide) groups is 1. The summed E-state index contributed by atoms with van der Waals surface area (Å²) in [6, 6.07) is 0. The average Bonchev–Trinajstić information content (AvgIpc) is 3.02. The van der Waals surface area contributed by atoms with Crippen molar-refractivity contribution in [1.82, 2.24) is 4.57 Å². The molecule has 10 nitrogen and oxygen atoms in total. The highest BCUT2D eigenvalue weighted by Gasteiger charge is 2.32. The first-order valence-corrected chi connectivity index (χ1v) is 7.80. The Morgan fingerprint density at radius 3 is 3.24 bits per heavy atom. The molecule has 0 aromatic carbocycles. The summed E-state index contributed by atoms with van der Waals surface area (Å²) in [6.45, 7) is 0.0567. The van der Waals surface area contributed by atoms with Crippen molar-refractivity contribution >= 4 is 35.1 Å². The number of rotatable bonds is 4. The normalized spacial score (nSPS) is 27.7. The van der Waals surface area contributed by atoms with E-state index in [0.717, 1.165) is 11.3 Å². The highest BCUT2D eigenvalue weighted by molar-refractivity contribution is 8.00. The van der Waals surface area contributed by atoms with Crippen LogP contribution in [0.5, 0.6) is 0 Å². The van der Waals surface area contributed by atoms with E-state index >= 15 is 0 Å². The van der Waals surface area contributed by atoms with Crippen LogP contribution in [0.15, 0.2) is 25.3 Å². The molecular formula is C9H11N7O3S2. The monoisotopic (exact) mass is 329 g/mol. The fourth-order valence-electron chi connectivity index (χ4n) is 2.05. The number of nitrogens with zero attached hydrogens (tertiary/aromatic N) is 5. The van der Waals surface area contributed by atoms with E-state index in [1.54, 1.807) is 6.21 Å². The van der Waals surface area contributed by atoms with E-state index in [0.29, 0.717) is 16.4 Å². The third kappa shape index (κ3) is 2.69. The van der Waals surface area contributed by atoms with Crippen LogP contribution in [0.3, 0.4) is 0 Å². The van der Waals surface area contributed by atoms with Gasteiger partial charge in [-0.15, -0.1) is 16.9 Å². The first-order valence-electron chi connectivity index (χ1n) is 5.94. The molecule has 0 bridgehead atoms. The standard InChI is InChI=1S/C9H11N7O3S2/c10-15-14-8-11-1-4-7(13-8)16(9(17)21-4)5-3-20-6(19-5)2-12-18/h1,5-6,8,13H,2-3H2,(H2,10,14)/t5?,6-,8?/m0/s1. The van der Waals surface area contributed by atoms with Gasteiger partial charge in [-0.2, -0.15) is 4.91 Å². The van der Waals surface area contributed by atoms with Crippen molar-refractivity contribution < 1.29 is 4.74 Å². The molecule has 2 unspecified atom stereocenters. The molecule has 1 saturated heterocycles. The summed E-state index contributed by atoms with van der Waals surface area (Å²) in [5.74, 6) is 6.14. The molecule has 0 saturated carbocycles. The van der Waals surface area contributed by atoms with Gasteiger partial charge in [0, 0.05) is 12.0 Å². The van der Waals surface area contributed by atoms with Crippen LogP contribution in [0.4, 0.5) is 5.82 Å². The molecule has 0 aliphatic carbocycles. The van der Waals surface area contributed by atoms with E-state index < -0.39 is 12.5 Å². The molecule has 2 aliphatic heterocycles. The fourth-order valence-corrected chi connectivity index (χ4v) is 3.89. The molecule has 3 heterocycles. The Morgan fingerprint density at radius 1 is 1.62 bits per heavy atom. The molecule has 3 rings (SSSR count). The van der Waals surface area contributed by atoms with Gasteiger partial charge >= 0.3 is 4.87 Å². The van der Waals surface area contributed by atoms with Gasteiger partial charge in [-0.05, 0) is 0 Å². The Morgan fingerprint density at radius 2 is 2.48 bits per heavy atom. The predicted octanol–water partition coefficient (Wildman–Crippen LogP) is 0.718. The maximum absolute atomic E-state index is 12.1. The second-order valence-corrected chi connectivity index (χ2v) is 6.33. The van der Waals surface area contributed by atoms with Gasteiger partial charge in [0.2, 0.25) is 6.29 Å². The van der Waals surface area contributed by atoms with Gasteiger partial charge in [-0.1, -0.05) is 21.7 Å². The maximum Gasteiger partial charge on any atom is 0.311 e. The summed E-state index contributed by atoms with van der Waals surface area (Å²) in [4.78, 5) is 27.0. The quantitative estimate of drug-likeness (QED) is 0.361. The highest BCUT2D eigenvalue weighted by Crippen LogP contribution is 2.35. The van der Waals surface area contributed by atoms with Crippen LogP contribution in [-0.2, 0) is 4.74 Å². The number of hydrogen-bond donors (Lipinski definition) is 2. The number of hydrogen-bond acceptors (Lipinski definition) is 10. The van der Waals surface area contributed by atoms with Crippen LogP contribution in [0.25, 0.3) is 0 Å². The highest BCUT2D eigenvalue weighted by atomic mass is 32.2. The Kier molecular flexibility index (Phi) is 3.98. The van der Waals surface area contributed by atoms with Gasteiger partial charge in [0.1, 0.15) is 24.0 Å². The van der Waals surface area contributed by atoms with Gasteiger partial charge in [0.15, 0.2) is 0 Å². The average molecular weight is 329 g/mol. The number of ether oxygens (including phenoxy) is 1. The zero-order valence-corrected chi connectivity index (χ0v) is 12.2. The third-order valence-electron chi connectivity index (χ3n) is 2.89. The van der Waals surface area contributed by atoms with Gasteiger partial charge < -0.3 is 15.9 Å². The molecule has 2 aliphatic rings. The maximum atomic E-state index is 12.1. The number of nitrogens with one attached hydrogen (secondary N) is 1. The van der Waals surface area contributed by atoms with Gasteiger partial charge in [0.05, 0.1) is 4.88 Å². The summed E-state index contributed by atoms with van der Waals surface area (Å²) in [6.07, 6.45) is 0.438. The molecule has 3 atom stereocenters. The van der Waals surface area contributed by atoms with E-state index in [1.807, 2.05) is 0 Å². The largest absolute Gasteiger partial charge is 0.341 e. The Hall–Kier alpha value is -1.79. The topological polar surface area (TPSA) is 136 Å². The number of nitroso groups, excluding NO2 is 1. The van der Waals surface area contributed by atoms with Crippen molar-refractivity contribution in [2.24, 2.45) is 26.3 Å². The van der Waals surface area contributed by atoms with Crippen molar-refractivity contribution in [2.45, 2.75) is 18.0 Å². The summed E-state index contributed by atoms with van der Waals surface area (Å²) >= 11 is 2.51. The van der Waals surface area contributed by atoms with Crippen molar-refractivity contribution in [3.63, 3.8) is 0 Å². The molecule has 1 aromatic rings. The first-order chi connectivity index (χ1) is 10.2. The van der Waals surface area contributed by atoms with Gasteiger partial charge in [-0.3, -0.25) is 9.36 Å². The number of aromatic nitrogens is 1. The Balaban J connectivity index is 1.88. The second kappa shape index (κ2) is 5.91. The summed E-state index contributed by atoms with van der Waals surface area (Å²) in [5, 5.41) is 12.7. The predicted molar refractivity (Wildman–Crippen MR) is 79.7 cm³/mol. The van der Waals surface area contributed by atoms with Crippen molar-refractivity contribution in [3.05, 3.63) is 19.5 Å². The van der Waals surface area contributed by atoms with Crippen molar-refractivity contribution in [2.75, 3.05) is 17.6 Å². The summed E-state index contributed by atoms with van der Waals surface area (Å²) < 4.78 is 7.17. The zero-order valence-electron chi connectivity index (χ0n) is 10.6. The molecule has 0 radical (unpaired) electrons. The van der Waals surface area contributed by atoms with Crippen LogP contribution in [0.2, 0.25) is 0 Å². The Bertz CT molecular complexity index is 654. The molecule has 3 N–H and O–H groups in total. The van der Waals surface area contributed by atoms with Crippen LogP contribution in [-0.4, -0.2) is 34.8 Å². The summed E-state index contributed by atoms with van der Waals surface area (Å²) in [5.41, 5.74) is -0.327. The van der Waals surface area contributed by atoms with Crippen LogP contribution < -0.4 is 16.0 Å². The summed E-state index contributed by atoms with van der Waals surface area (Å²) in [7, 11) is 0. The number of nitrogens with two attached hydrogens (primary N) is 1. The molecule has 21 heavy (non-hydrogen) atoms. The van der Waals surface area contributed by atoms with E-state index in [9.17, 15) is 9.70 Å². The van der Waals surface area contributed by atoms with Gasteiger partial charge in [-0.25, -0.2) is 4.99 Å². The molecule has 112 valence electrons. The molecule has 1 aromatic heterocycles. The van der Waals surface area contributed by atoms with Gasteiger partial charge in [0.25, 0.3) is 0 Å². The SMILES string of the molecule is NN=NC1N=Cc2sc(=O)n(C3CS[C@@H](CN=O)O3)c2N1. The molecule has 12 heteroatoms. The Labute approximate surface area is 126 Å². The van der Waals surface area contributed by atoms with E-state index in [4.69, 9.17) is 10.6 Å². The number of thiazole rings is 1. The lowest BCUT2D eigenvalue weighted by Crippen LogP contribution is -2.28. The number of fused-ring (bicyclic) bond motifs is 1. The lowest BCUT2D eigenvalue weighted by molar-refractivity contribution is 0.0230. The number of anilines is 1. The lowest BCUT2D eigenvalue weighted by Gasteiger charge is -2.19. The van der Waals surface area contributed by atoms with Crippen molar-refractivity contribution in [3.8, 4) is 0 Å². The fraction of sp³-hybridized carbons (Fsp3) is 0.556. The smallest absolute Gasteiger partial charge is 0.311 e. The van der Waals surface area contributed by atoms with Crippen LogP contribution in [0, 0.1) is 4.91 Å². The molecular weight excluding hydrogens is 318 g/mol. The number of aliphatic imine (C=N–C) groups is 1. The molecule has 1 fully saturated rings.